The van der Waals surface area contributed by atoms with Crippen LogP contribution in [0.5, 0.6) is 0 Å². The molecule has 2 aliphatic rings. The van der Waals surface area contributed by atoms with Gasteiger partial charge in [-0.1, -0.05) is 0 Å². The summed E-state index contributed by atoms with van der Waals surface area (Å²) in [5.74, 6) is -2.64. The van der Waals surface area contributed by atoms with Crippen molar-refractivity contribution in [2.75, 3.05) is 26.4 Å². The Morgan fingerprint density at radius 3 is 2.08 bits per heavy atom. The first kappa shape index (κ1) is 31.5. The molecule has 0 amide bonds. The predicted octanol–water partition coefficient (Wildman–Crippen LogP) is -6.97. The summed E-state index contributed by atoms with van der Waals surface area (Å²) in [5.41, 5.74) is 0. The Morgan fingerprint density at radius 1 is 0.972 bits per heavy atom. The van der Waals surface area contributed by atoms with E-state index >= 15 is 0 Å². The first-order valence-corrected chi connectivity index (χ1v) is 12.0. The average molecular weight is 554 g/mol. The first-order chi connectivity index (χ1) is 16.8. The summed E-state index contributed by atoms with van der Waals surface area (Å²) in [6, 6.07) is 0. The number of ether oxygens (including phenoxy) is 3. The second-order valence-electron chi connectivity index (χ2n) is 8.05. The van der Waals surface area contributed by atoms with E-state index in [0.717, 1.165) is 0 Å². The Balaban J connectivity index is 2.23. The summed E-state index contributed by atoms with van der Waals surface area (Å²) in [5, 5.41) is 97.4. The minimum absolute atomic E-state index is 0.179. The lowest BCUT2D eigenvalue weighted by molar-refractivity contribution is -0.383. The zero-order valence-electron chi connectivity index (χ0n) is 18.5. The summed E-state index contributed by atoms with van der Waals surface area (Å²) in [6.07, 6.45) is -21.6. The van der Waals surface area contributed by atoms with Crippen LogP contribution in [-0.2, 0) is 32.6 Å². The molecule has 2 saturated heterocycles. The highest BCUT2D eigenvalue weighted by molar-refractivity contribution is 7.47. The van der Waals surface area contributed by atoms with Gasteiger partial charge in [0.05, 0.1) is 19.8 Å². The van der Waals surface area contributed by atoms with E-state index < -0.39 is 107 Å². The lowest BCUT2D eigenvalue weighted by Crippen LogP contribution is -2.62. The molecule has 0 aromatic heterocycles. The summed E-state index contributed by atoms with van der Waals surface area (Å²) >= 11 is 0. The zero-order chi connectivity index (χ0) is 27.4. The third kappa shape index (κ3) is 6.63. The van der Waals surface area contributed by atoms with Crippen LogP contribution < -0.4 is 0 Å². The molecule has 0 aromatic rings. The molecule has 0 aromatic carbocycles. The van der Waals surface area contributed by atoms with Crippen LogP contribution in [0.25, 0.3) is 0 Å². The smallest absolute Gasteiger partial charge is 0.394 e. The number of hydrogen-bond donors (Lipinski definition) is 11. The van der Waals surface area contributed by atoms with Crippen molar-refractivity contribution in [1.29, 1.82) is 0 Å². The van der Waals surface area contributed by atoms with Crippen molar-refractivity contribution in [2.45, 2.75) is 73.1 Å². The maximum Gasteiger partial charge on any atom is 0.473 e. The minimum Gasteiger partial charge on any atom is -0.394 e. The molecular weight excluding hydrogens is 523 g/mol. The van der Waals surface area contributed by atoms with E-state index in [-0.39, 0.29) is 6.29 Å². The van der Waals surface area contributed by atoms with Crippen molar-refractivity contribution < 1.29 is 88.6 Å². The van der Waals surface area contributed by atoms with Gasteiger partial charge in [-0.05, 0) is 0 Å². The van der Waals surface area contributed by atoms with Crippen molar-refractivity contribution >= 4 is 14.1 Å². The maximum atomic E-state index is 12.5. The molecule has 2 rings (SSSR count). The van der Waals surface area contributed by atoms with Crippen LogP contribution in [0.1, 0.15) is 0 Å². The third-order valence-corrected chi connectivity index (χ3v) is 6.63. The van der Waals surface area contributed by atoms with E-state index in [4.69, 9.17) is 23.8 Å². The number of carbonyl (C=O) groups excluding carboxylic acids is 1. The second-order valence-corrected chi connectivity index (χ2v) is 9.41. The number of aliphatic hydroxyl groups is 10. The highest BCUT2D eigenvalue weighted by Crippen LogP contribution is 2.50. The molecule has 0 aliphatic carbocycles. The first-order valence-electron chi connectivity index (χ1n) is 10.5. The maximum absolute atomic E-state index is 12.5. The second kappa shape index (κ2) is 12.9. The van der Waals surface area contributed by atoms with Crippen LogP contribution in [0.2, 0.25) is 0 Å². The number of aldehydes is 1. The van der Waals surface area contributed by atoms with Crippen LogP contribution in [0, 0.1) is 0 Å². The summed E-state index contributed by atoms with van der Waals surface area (Å²) in [6.45, 7) is -4.16. The Morgan fingerprint density at radius 2 is 1.58 bits per heavy atom. The van der Waals surface area contributed by atoms with Crippen LogP contribution in [-0.4, -0.2) is 162 Å². The van der Waals surface area contributed by atoms with Gasteiger partial charge in [-0.25, -0.2) is 4.57 Å². The number of phosphoric ester groups is 1. The Bertz CT molecular complexity index is 755. The van der Waals surface area contributed by atoms with Gasteiger partial charge in [0.25, 0.3) is 0 Å². The molecule has 18 nitrogen and oxygen atoms in total. The Hall–Kier alpha value is -0.740. The van der Waals surface area contributed by atoms with E-state index in [2.05, 4.69) is 4.52 Å². The highest BCUT2D eigenvalue weighted by Gasteiger charge is 2.60. The van der Waals surface area contributed by atoms with Gasteiger partial charge in [-0.3, -0.25) is 9.05 Å². The molecule has 11 N–H and O–H groups in total. The van der Waals surface area contributed by atoms with Crippen molar-refractivity contribution in [3.63, 3.8) is 0 Å². The van der Waals surface area contributed by atoms with Crippen molar-refractivity contribution in [1.82, 2.24) is 0 Å². The van der Waals surface area contributed by atoms with Gasteiger partial charge < -0.3 is 75.0 Å². The number of phosphoric acid groups is 1. The quantitative estimate of drug-likeness (QED) is 0.0744. The lowest BCUT2D eigenvalue weighted by atomic mass is 9.99. The number of aliphatic hydroxyl groups excluding tert-OH is 10. The fraction of sp³-hybridized carbons (Fsp3) is 0.941. The largest absolute Gasteiger partial charge is 0.473 e. The Labute approximate surface area is 203 Å². The molecule has 0 bridgehead atoms. The predicted molar refractivity (Wildman–Crippen MR) is 107 cm³/mol. The molecule has 13 atom stereocenters. The summed E-state index contributed by atoms with van der Waals surface area (Å²) in [7, 11) is -5.42. The van der Waals surface area contributed by atoms with Gasteiger partial charge in [-0.15, -0.1) is 0 Å². The molecule has 3 unspecified atom stereocenters. The number of hydrogen-bond acceptors (Lipinski definition) is 17. The molecular formula is C17H31O18P. The standard InChI is InChI=1S/C17H31O18P/c18-1-6(23)10(24)8(3-20)34-36(29,30)35-14-9(4-21)32-17(5-22,15(14)28)33-16-13(27)12(26)11(25)7(2-19)31-16/h3,6-16,18-19,21-28H,1-2,4-5H2,(H,29,30)/t6-,7+,8?,9+,10-,11+,12-,13+,14+,15-,16+,17?/m0/s1. The average Bonchev–Trinajstić information content (AvgIpc) is 3.12. The van der Waals surface area contributed by atoms with E-state index in [1.807, 2.05) is 0 Å². The molecule has 36 heavy (non-hydrogen) atoms. The molecule has 212 valence electrons. The van der Waals surface area contributed by atoms with E-state index in [9.17, 15) is 60.2 Å². The summed E-state index contributed by atoms with van der Waals surface area (Å²) in [4.78, 5) is 21.2. The monoisotopic (exact) mass is 554 g/mol. The van der Waals surface area contributed by atoms with Crippen molar-refractivity contribution in [3.8, 4) is 0 Å². The van der Waals surface area contributed by atoms with E-state index in [1.165, 1.54) is 0 Å². The van der Waals surface area contributed by atoms with Crippen LogP contribution in [0.4, 0.5) is 0 Å². The van der Waals surface area contributed by atoms with Crippen LogP contribution in [0.15, 0.2) is 0 Å². The third-order valence-electron chi connectivity index (χ3n) is 5.61. The lowest BCUT2D eigenvalue weighted by Gasteiger charge is -2.43. The zero-order valence-corrected chi connectivity index (χ0v) is 19.4. The fourth-order valence-corrected chi connectivity index (χ4v) is 4.66. The number of carbonyl (C=O) groups is 1. The molecule has 0 spiro atoms. The molecule has 2 heterocycles. The minimum atomic E-state index is -5.42. The molecule has 2 fully saturated rings. The Kier molecular flexibility index (Phi) is 11.3. The molecule has 19 heteroatoms. The van der Waals surface area contributed by atoms with Crippen LogP contribution in [0.3, 0.4) is 0 Å². The molecule has 0 saturated carbocycles. The fourth-order valence-electron chi connectivity index (χ4n) is 3.57. The van der Waals surface area contributed by atoms with Crippen molar-refractivity contribution in [3.05, 3.63) is 0 Å². The van der Waals surface area contributed by atoms with Gasteiger partial charge in [-0.2, -0.15) is 0 Å². The van der Waals surface area contributed by atoms with Crippen LogP contribution >= 0.6 is 7.82 Å². The number of rotatable bonds is 13. The highest BCUT2D eigenvalue weighted by atomic mass is 31.2. The van der Waals surface area contributed by atoms with Gasteiger partial charge in [0.1, 0.15) is 61.5 Å². The van der Waals surface area contributed by atoms with E-state index in [0.29, 0.717) is 0 Å². The van der Waals surface area contributed by atoms with Crippen molar-refractivity contribution in [2.24, 2.45) is 0 Å². The van der Waals surface area contributed by atoms with E-state index in [1.54, 1.807) is 0 Å². The molecule has 2 aliphatic heterocycles. The van der Waals surface area contributed by atoms with Gasteiger partial charge in [0.15, 0.2) is 18.7 Å². The molecule has 0 radical (unpaired) electrons. The topological polar surface area (TPSA) is 303 Å². The normalized spacial score (nSPS) is 41.4. The van der Waals surface area contributed by atoms with Gasteiger partial charge in [0.2, 0.25) is 5.79 Å². The van der Waals surface area contributed by atoms with Gasteiger partial charge >= 0.3 is 7.82 Å². The summed E-state index contributed by atoms with van der Waals surface area (Å²) < 4.78 is 37.4. The van der Waals surface area contributed by atoms with Gasteiger partial charge in [0, 0.05) is 0 Å². The SMILES string of the molecule is O=CC(OP(=O)(O)O[C@@H]1[C@@H](CO)OC(CO)(O[C@H]2O[C@H](CO)[C@@H](O)[C@H](O)[C@H]2O)[C@H]1O)[C@@H](O)[C@@H](O)CO.